The van der Waals surface area contributed by atoms with Crippen molar-refractivity contribution in [2.45, 2.75) is 6.54 Å². The molecule has 1 amide bonds. The van der Waals surface area contributed by atoms with Gasteiger partial charge in [-0.15, -0.1) is 0 Å². The number of piperazine rings is 1. The van der Waals surface area contributed by atoms with Crippen LogP contribution in [-0.4, -0.2) is 51.3 Å². The molecule has 8 nitrogen and oxygen atoms in total. The molecule has 2 aromatic heterocycles. The number of nitrogens with zero attached hydrogens (tertiary/aromatic N) is 5. The second-order valence-corrected chi connectivity index (χ2v) is 6.86. The number of hydrogen-bond acceptors (Lipinski definition) is 5. The Bertz CT molecular complexity index is 1140. The lowest BCUT2D eigenvalue weighted by atomic mass is 10.2. The summed E-state index contributed by atoms with van der Waals surface area (Å²) in [4.78, 5) is 40.7. The Balaban J connectivity index is 1.46. The van der Waals surface area contributed by atoms with Gasteiger partial charge < -0.3 is 9.80 Å². The van der Waals surface area contributed by atoms with E-state index in [1.165, 1.54) is 15.3 Å². The minimum Gasteiger partial charge on any atom is -0.367 e. The quantitative estimate of drug-likeness (QED) is 0.660. The van der Waals surface area contributed by atoms with Gasteiger partial charge in [0.25, 0.3) is 11.1 Å². The highest BCUT2D eigenvalue weighted by atomic mass is 16.2. The molecule has 0 N–H and O–H groups in total. The van der Waals surface area contributed by atoms with Crippen molar-refractivity contribution in [3.63, 3.8) is 0 Å². The van der Waals surface area contributed by atoms with Crippen LogP contribution in [0.5, 0.6) is 0 Å². The number of fused-ring (bicyclic) bond motifs is 1. The summed E-state index contributed by atoms with van der Waals surface area (Å²) in [5, 5.41) is 4.97. The summed E-state index contributed by atoms with van der Waals surface area (Å²) >= 11 is 0. The Morgan fingerprint density at radius 2 is 1.75 bits per heavy atom. The third kappa shape index (κ3) is 3.40. The smallest absolute Gasteiger partial charge is 0.268 e. The van der Waals surface area contributed by atoms with E-state index >= 15 is 0 Å². The van der Waals surface area contributed by atoms with Crippen LogP contribution in [0.15, 0.2) is 58.3 Å². The Kier molecular flexibility index (Phi) is 4.68. The molecule has 1 fully saturated rings. The van der Waals surface area contributed by atoms with Crippen LogP contribution >= 0.6 is 0 Å². The van der Waals surface area contributed by atoms with Gasteiger partial charge in [-0.05, 0) is 17.5 Å². The molecule has 3 aromatic rings. The number of para-hydroxylation sites is 1. The first-order valence-corrected chi connectivity index (χ1v) is 9.17. The van der Waals surface area contributed by atoms with Crippen molar-refractivity contribution in [2.24, 2.45) is 7.05 Å². The Morgan fingerprint density at radius 1 is 1.00 bits per heavy atom. The standard InChI is InChI=1S/C20H21N5O3/c1-22-19(27)12-16(13-21-22)23-8-10-24(11-9-23)20(28)14-25-17-5-3-2-4-15(17)6-7-18(25)26/h2-7,12-13H,8-11,14H2,1H3. The number of amides is 1. The zero-order valence-electron chi connectivity index (χ0n) is 15.6. The van der Waals surface area contributed by atoms with Crippen molar-refractivity contribution in [2.75, 3.05) is 31.1 Å². The number of aryl methyl sites for hydroxylation is 1. The molecule has 1 aliphatic rings. The Hall–Kier alpha value is -3.42. The maximum absolute atomic E-state index is 12.8. The third-order valence-electron chi connectivity index (χ3n) is 5.14. The molecular weight excluding hydrogens is 358 g/mol. The van der Waals surface area contributed by atoms with Gasteiger partial charge in [-0.25, -0.2) is 4.68 Å². The molecule has 1 aromatic carbocycles. The van der Waals surface area contributed by atoms with Gasteiger partial charge in [0.05, 0.1) is 17.4 Å². The summed E-state index contributed by atoms with van der Waals surface area (Å²) in [6, 6.07) is 12.4. The van der Waals surface area contributed by atoms with E-state index in [2.05, 4.69) is 5.10 Å². The molecule has 1 saturated heterocycles. The summed E-state index contributed by atoms with van der Waals surface area (Å²) in [6.07, 6.45) is 1.66. The zero-order valence-corrected chi connectivity index (χ0v) is 15.6. The molecular formula is C20H21N5O3. The van der Waals surface area contributed by atoms with Crippen molar-refractivity contribution < 1.29 is 4.79 Å². The van der Waals surface area contributed by atoms with Crippen LogP contribution in [0.1, 0.15) is 0 Å². The second-order valence-electron chi connectivity index (χ2n) is 6.86. The molecule has 0 bridgehead atoms. The fraction of sp³-hybridized carbons (Fsp3) is 0.300. The SMILES string of the molecule is Cn1ncc(N2CCN(C(=O)Cn3c(=O)ccc4ccccc43)CC2)cc1=O. The second kappa shape index (κ2) is 7.30. The molecule has 28 heavy (non-hydrogen) atoms. The summed E-state index contributed by atoms with van der Waals surface area (Å²) in [5.74, 6) is -0.0831. The van der Waals surface area contributed by atoms with Crippen LogP contribution in [-0.2, 0) is 18.4 Å². The number of carbonyl (C=O) groups excluding carboxylic acids is 1. The van der Waals surface area contributed by atoms with Gasteiger partial charge in [-0.3, -0.25) is 19.0 Å². The summed E-state index contributed by atoms with van der Waals surface area (Å²) in [6.45, 7) is 2.32. The van der Waals surface area contributed by atoms with Gasteiger partial charge in [-0.1, -0.05) is 18.2 Å². The van der Waals surface area contributed by atoms with E-state index in [1.54, 1.807) is 30.3 Å². The van der Waals surface area contributed by atoms with Crippen molar-refractivity contribution in [1.82, 2.24) is 19.2 Å². The number of aromatic nitrogens is 3. The molecule has 144 valence electrons. The van der Waals surface area contributed by atoms with E-state index in [0.29, 0.717) is 26.2 Å². The maximum Gasteiger partial charge on any atom is 0.268 e. The van der Waals surface area contributed by atoms with Gasteiger partial charge in [0.15, 0.2) is 0 Å². The van der Waals surface area contributed by atoms with Gasteiger partial charge in [0.2, 0.25) is 5.91 Å². The average Bonchev–Trinajstić information content (AvgIpc) is 2.72. The highest BCUT2D eigenvalue weighted by Crippen LogP contribution is 2.14. The van der Waals surface area contributed by atoms with Crippen LogP contribution in [0.2, 0.25) is 0 Å². The molecule has 0 spiro atoms. The first kappa shape index (κ1) is 18.0. The first-order valence-electron chi connectivity index (χ1n) is 9.17. The van der Waals surface area contributed by atoms with Crippen LogP contribution in [0.4, 0.5) is 5.69 Å². The lowest BCUT2D eigenvalue weighted by Gasteiger charge is -2.36. The maximum atomic E-state index is 12.8. The zero-order chi connectivity index (χ0) is 19.7. The molecule has 1 aliphatic heterocycles. The lowest BCUT2D eigenvalue weighted by Crippen LogP contribution is -2.50. The van der Waals surface area contributed by atoms with Gasteiger partial charge in [-0.2, -0.15) is 5.10 Å². The summed E-state index contributed by atoms with van der Waals surface area (Å²) in [5.41, 5.74) is 1.18. The molecule has 0 unspecified atom stereocenters. The molecule has 3 heterocycles. The normalized spacial score (nSPS) is 14.5. The molecule has 8 heteroatoms. The van der Waals surface area contributed by atoms with Crippen molar-refractivity contribution in [3.8, 4) is 0 Å². The summed E-state index contributed by atoms with van der Waals surface area (Å²) < 4.78 is 2.81. The number of anilines is 1. The Morgan fingerprint density at radius 3 is 2.50 bits per heavy atom. The van der Waals surface area contributed by atoms with Crippen LogP contribution < -0.4 is 16.0 Å². The van der Waals surface area contributed by atoms with Crippen molar-refractivity contribution >= 4 is 22.5 Å². The van der Waals surface area contributed by atoms with E-state index < -0.39 is 0 Å². The van der Waals surface area contributed by atoms with E-state index in [-0.39, 0.29) is 23.6 Å². The van der Waals surface area contributed by atoms with E-state index in [4.69, 9.17) is 0 Å². The summed E-state index contributed by atoms with van der Waals surface area (Å²) in [7, 11) is 1.61. The third-order valence-corrected chi connectivity index (χ3v) is 5.14. The van der Waals surface area contributed by atoms with Gasteiger partial charge in [0.1, 0.15) is 6.54 Å². The molecule has 0 aliphatic carbocycles. The van der Waals surface area contributed by atoms with Crippen LogP contribution in [0.3, 0.4) is 0 Å². The predicted octanol–water partition coefficient (Wildman–Crippen LogP) is 0.444. The minimum atomic E-state index is -0.183. The molecule has 0 radical (unpaired) electrons. The first-order chi connectivity index (χ1) is 13.5. The molecule has 4 rings (SSSR count). The van der Waals surface area contributed by atoms with Crippen LogP contribution in [0.25, 0.3) is 10.9 Å². The van der Waals surface area contributed by atoms with Crippen LogP contribution in [0, 0.1) is 0 Å². The topological polar surface area (TPSA) is 80.4 Å². The highest BCUT2D eigenvalue weighted by molar-refractivity contribution is 5.82. The minimum absolute atomic E-state index is 0.0215. The number of hydrogen-bond donors (Lipinski definition) is 0. The number of rotatable bonds is 3. The molecule has 0 atom stereocenters. The van der Waals surface area contributed by atoms with Gasteiger partial charge in [0, 0.05) is 45.4 Å². The van der Waals surface area contributed by atoms with Crippen molar-refractivity contribution in [3.05, 3.63) is 69.4 Å². The van der Waals surface area contributed by atoms with Gasteiger partial charge >= 0.3 is 0 Å². The number of carbonyl (C=O) groups is 1. The highest BCUT2D eigenvalue weighted by Gasteiger charge is 2.22. The average molecular weight is 379 g/mol. The lowest BCUT2D eigenvalue weighted by molar-refractivity contribution is -0.132. The number of benzene rings is 1. The largest absolute Gasteiger partial charge is 0.367 e. The van der Waals surface area contributed by atoms with Crippen molar-refractivity contribution in [1.29, 1.82) is 0 Å². The van der Waals surface area contributed by atoms with E-state index in [1.807, 2.05) is 29.2 Å². The van der Waals surface area contributed by atoms with E-state index in [0.717, 1.165) is 16.6 Å². The molecule has 0 saturated carbocycles. The fourth-order valence-corrected chi connectivity index (χ4v) is 3.49. The monoisotopic (exact) mass is 379 g/mol. The predicted molar refractivity (Wildman–Crippen MR) is 106 cm³/mol. The fourth-order valence-electron chi connectivity index (χ4n) is 3.49. The van der Waals surface area contributed by atoms with E-state index in [9.17, 15) is 14.4 Å². The number of pyridine rings is 1. The Labute approximate surface area is 161 Å².